The van der Waals surface area contributed by atoms with E-state index in [1.807, 2.05) is 6.07 Å². The molecule has 0 aliphatic carbocycles. The molecule has 188 valence electrons. The van der Waals surface area contributed by atoms with Crippen LogP contribution in [0.2, 0.25) is 10.0 Å². The van der Waals surface area contributed by atoms with Crippen LogP contribution >= 0.6 is 23.2 Å². The lowest BCUT2D eigenvalue weighted by Gasteiger charge is -2.37. The van der Waals surface area contributed by atoms with Crippen LogP contribution in [0.15, 0.2) is 42.6 Å². The van der Waals surface area contributed by atoms with Gasteiger partial charge in [-0.15, -0.1) is 0 Å². The Morgan fingerprint density at radius 3 is 2.19 bits per heavy atom. The number of alkyl halides is 3. The summed E-state index contributed by atoms with van der Waals surface area (Å²) in [6.07, 6.45) is -4.05. The second-order valence-corrected chi connectivity index (χ2v) is 9.00. The van der Waals surface area contributed by atoms with Crippen LogP contribution in [0.3, 0.4) is 0 Å². The molecule has 2 atom stereocenters. The molecular weight excluding hydrogens is 520 g/mol. The Balaban J connectivity index is 2.02. The molecule has 0 aliphatic rings. The van der Waals surface area contributed by atoms with Gasteiger partial charge in [-0.05, 0) is 54.3 Å². The van der Waals surface area contributed by atoms with Crippen molar-refractivity contribution in [2.45, 2.75) is 38.5 Å². The van der Waals surface area contributed by atoms with Crippen molar-refractivity contribution in [1.29, 1.82) is 5.26 Å². The van der Waals surface area contributed by atoms with E-state index in [0.717, 1.165) is 24.4 Å². The second-order valence-electron chi connectivity index (χ2n) is 8.18. The van der Waals surface area contributed by atoms with Gasteiger partial charge in [0.1, 0.15) is 10.8 Å². The fraction of sp³-hybridized carbons (Fsp3) is 0.240. The van der Waals surface area contributed by atoms with Crippen LogP contribution in [-0.4, -0.2) is 27.3 Å². The number of aryl methyl sites for hydroxylation is 2. The highest BCUT2D eigenvalue weighted by molar-refractivity contribution is 6.32. The predicted molar refractivity (Wildman–Crippen MR) is 127 cm³/mol. The topological polar surface area (TPSA) is 103 Å². The van der Waals surface area contributed by atoms with E-state index >= 15 is 0 Å². The minimum atomic E-state index is -5.08. The Hall–Kier alpha value is -3.32. The minimum Gasteiger partial charge on any atom is -0.478 e. The number of carboxylic acid groups (broad SMARTS) is 1. The first-order valence-corrected chi connectivity index (χ1v) is 11.1. The summed E-state index contributed by atoms with van der Waals surface area (Å²) in [5.74, 6) is -2.84. The monoisotopic (exact) mass is 538 g/mol. The first-order chi connectivity index (χ1) is 16.7. The molecule has 6 nitrogen and oxygen atoms in total. The van der Waals surface area contributed by atoms with E-state index in [9.17, 15) is 28.3 Å². The molecule has 0 bridgehead atoms. The highest BCUT2D eigenvalue weighted by atomic mass is 35.5. The third-order valence-corrected chi connectivity index (χ3v) is 6.45. The summed E-state index contributed by atoms with van der Waals surface area (Å²) in [4.78, 5) is 14.9. The zero-order valence-corrected chi connectivity index (χ0v) is 20.6. The lowest BCUT2D eigenvalue weighted by atomic mass is 9.76. The number of carboxylic acids is 1. The number of aromatic nitrogens is 1. The number of hydrogen-bond donors (Lipinski definition) is 2. The third-order valence-electron chi connectivity index (χ3n) is 5.85. The van der Waals surface area contributed by atoms with Gasteiger partial charge in [0.25, 0.3) is 0 Å². The summed E-state index contributed by atoms with van der Waals surface area (Å²) in [6, 6.07) is 9.22. The van der Waals surface area contributed by atoms with Gasteiger partial charge in [0.15, 0.2) is 5.60 Å². The van der Waals surface area contributed by atoms with Gasteiger partial charge in [0.2, 0.25) is 5.88 Å². The van der Waals surface area contributed by atoms with E-state index in [1.165, 1.54) is 39.0 Å². The van der Waals surface area contributed by atoms with E-state index in [2.05, 4.69) is 4.98 Å². The Morgan fingerprint density at radius 2 is 1.72 bits per heavy atom. The van der Waals surface area contributed by atoms with Crippen LogP contribution in [0.25, 0.3) is 0 Å². The van der Waals surface area contributed by atoms with Crippen molar-refractivity contribution in [3.63, 3.8) is 0 Å². The largest absolute Gasteiger partial charge is 0.478 e. The summed E-state index contributed by atoms with van der Waals surface area (Å²) >= 11 is 12.3. The van der Waals surface area contributed by atoms with Crippen molar-refractivity contribution in [2.75, 3.05) is 0 Å². The van der Waals surface area contributed by atoms with E-state index in [0.29, 0.717) is 11.1 Å². The maximum atomic E-state index is 14.4. The first-order valence-electron chi connectivity index (χ1n) is 10.4. The zero-order chi connectivity index (χ0) is 27.0. The predicted octanol–water partition coefficient (Wildman–Crippen LogP) is 6.92. The number of rotatable bonds is 6. The highest BCUT2D eigenvalue weighted by Gasteiger charge is 2.59. The summed E-state index contributed by atoms with van der Waals surface area (Å²) in [7, 11) is 0. The summed E-state index contributed by atoms with van der Waals surface area (Å²) in [5.41, 5.74) is -3.06. The normalized spacial score (nSPS) is 14.0. The van der Waals surface area contributed by atoms with Gasteiger partial charge in [-0.3, -0.25) is 0 Å². The molecule has 2 aromatic carbocycles. The molecule has 0 fully saturated rings. The number of pyridine rings is 1. The van der Waals surface area contributed by atoms with Gasteiger partial charge in [-0.2, -0.15) is 18.4 Å². The molecule has 0 saturated carbocycles. The van der Waals surface area contributed by atoms with E-state index in [4.69, 9.17) is 33.0 Å². The van der Waals surface area contributed by atoms with Crippen LogP contribution in [0, 0.1) is 25.2 Å². The number of ether oxygens (including phenoxy) is 1. The van der Waals surface area contributed by atoms with Gasteiger partial charge >= 0.3 is 12.1 Å². The molecule has 0 radical (unpaired) electrons. The molecule has 11 heteroatoms. The van der Waals surface area contributed by atoms with E-state index in [-0.39, 0.29) is 38.4 Å². The number of hydrogen-bond acceptors (Lipinski definition) is 5. The SMILES string of the molecule is Cc1cc([C@@](O)([C@@H](C)c2ccc(Oc3ncc(C(=O)O)cc3Cl)cc2Cl)C(F)(F)F)cc(C)c1C#N. The van der Waals surface area contributed by atoms with Gasteiger partial charge < -0.3 is 14.9 Å². The van der Waals surface area contributed by atoms with Crippen molar-refractivity contribution >= 4 is 29.2 Å². The van der Waals surface area contributed by atoms with E-state index < -0.39 is 29.2 Å². The molecule has 3 aromatic rings. The summed E-state index contributed by atoms with van der Waals surface area (Å²) < 4.78 is 48.6. The maximum Gasteiger partial charge on any atom is 0.422 e. The smallest absolute Gasteiger partial charge is 0.422 e. The lowest BCUT2D eigenvalue weighted by molar-refractivity contribution is -0.274. The first kappa shape index (κ1) is 27.3. The summed E-state index contributed by atoms with van der Waals surface area (Å²) in [6.45, 7) is 4.19. The lowest BCUT2D eigenvalue weighted by Crippen LogP contribution is -2.46. The molecule has 0 amide bonds. The average molecular weight is 539 g/mol. The highest BCUT2D eigenvalue weighted by Crippen LogP contribution is 2.50. The van der Waals surface area contributed by atoms with Crippen LogP contribution < -0.4 is 4.74 Å². The quantitative estimate of drug-likeness (QED) is 0.353. The Labute approximate surface area is 214 Å². The molecular formula is C25H19Cl2F3N2O4. The molecule has 1 heterocycles. The molecule has 2 N–H and O–H groups in total. The van der Waals surface area contributed by atoms with Crippen molar-refractivity contribution in [2.24, 2.45) is 0 Å². The third kappa shape index (κ3) is 4.98. The summed E-state index contributed by atoms with van der Waals surface area (Å²) in [5, 5.41) is 29.2. The molecule has 0 saturated heterocycles. The minimum absolute atomic E-state index is 0.0104. The van der Waals surface area contributed by atoms with Crippen molar-refractivity contribution < 1.29 is 32.9 Å². The number of aromatic carboxylic acids is 1. The average Bonchev–Trinajstić information content (AvgIpc) is 2.78. The van der Waals surface area contributed by atoms with Gasteiger partial charge in [-0.1, -0.05) is 48.3 Å². The number of benzene rings is 2. The molecule has 0 aliphatic heterocycles. The fourth-order valence-electron chi connectivity index (χ4n) is 3.90. The number of halogens is 5. The Morgan fingerprint density at radius 1 is 1.11 bits per heavy atom. The number of nitrogens with zero attached hydrogens (tertiary/aromatic N) is 2. The Kier molecular flexibility index (Phi) is 7.55. The number of carbonyl (C=O) groups is 1. The molecule has 1 aromatic heterocycles. The fourth-order valence-corrected chi connectivity index (χ4v) is 4.43. The standard InChI is InChI=1S/C25H19Cl2F3N2O4/c1-12-6-16(7-13(2)19(12)10-31)24(35,25(28,29)30)14(3)18-5-4-17(9-20(18)26)36-22-21(27)8-15(11-32-22)23(33)34/h4-9,11,14,35H,1-3H3,(H,33,34)/t14-,24-/m0/s1. The zero-order valence-electron chi connectivity index (χ0n) is 19.1. The van der Waals surface area contributed by atoms with Crippen molar-refractivity contribution in [3.05, 3.63) is 86.0 Å². The molecule has 3 rings (SSSR count). The van der Waals surface area contributed by atoms with Crippen molar-refractivity contribution in [3.8, 4) is 17.7 Å². The van der Waals surface area contributed by atoms with E-state index in [1.54, 1.807) is 0 Å². The van der Waals surface area contributed by atoms with Gasteiger partial charge in [0, 0.05) is 17.1 Å². The van der Waals surface area contributed by atoms with Crippen LogP contribution in [-0.2, 0) is 5.60 Å². The second kappa shape index (κ2) is 9.97. The number of aliphatic hydroxyl groups is 1. The maximum absolute atomic E-state index is 14.4. The molecule has 0 unspecified atom stereocenters. The van der Waals surface area contributed by atoms with Crippen LogP contribution in [0.5, 0.6) is 11.6 Å². The number of nitriles is 1. The molecule has 0 spiro atoms. The van der Waals surface area contributed by atoms with Gasteiger partial charge in [-0.25, -0.2) is 9.78 Å². The van der Waals surface area contributed by atoms with Crippen LogP contribution in [0.1, 0.15) is 51.0 Å². The Bertz CT molecular complexity index is 1370. The van der Waals surface area contributed by atoms with Crippen molar-refractivity contribution in [1.82, 2.24) is 4.98 Å². The van der Waals surface area contributed by atoms with Gasteiger partial charge in [0.05, 0.1) is 17.2 Å². The van der Waals surface area contributed by atoms with Crippen LogP contribution in [0.4, 0.5) is 13.2 Å². The molecule has 36 heavy (non-hydrogen) atoms.